The third-order valence-corrected chi connectivity index (χ3v) is 5.95. The second kappa shape index (κ2) is 8.71. The molecule has 4 rings (SSSR count). The number of nitrogens with zero attached hydrogens (tertiary/aromatic N) is 2. The lowest BCUT2D eigenvalue weighted by Gasteiger charge is -2.40. The van der Waals surface area contributed by atoms with Gasteiger partial charge in [-0.1, -0.05) is 0 Å². The molecule has 0 spiro atoms. The first-order valence-electron chi connectivity index (χ1n) is 11.1. The molecule has 0 radical (unpaired) electrons. The zero-order chi connectivity index (χ0) is 24.8. The van der Waals surface area contributed by atoms with E-state index in [2.05, 4.69) is 5.32 Å². The molecule has 34 heavy (non-hydrogen) atoms. The van der Waals surface area contributed by atoms with E-state index in [9.17, 15) is 29.1 Å². The number of rotatable bonds is 4. The van der Waals surface area contributed by atoms with Crippen LogP contribution in [0.4, 0.5) is 4.79 Å². The maximum Gasteiger partial charge on any atom is 0.409 e. The number of carboxylic acid groups (broad SMARTS) is 1. The lowest BCUT2D eigenvalue weighted by atomic mass is 10.0. The Labute approximate surface area is 196 Å². The Hall–Kier alpha value is -3.47. The summed E-state index contributed by atoms with van der Waals surface area (Å²) >= 11 is 0. The Bertz CT molecular complexity index is 1060. The molecule has 182 valence electrons. The molecule has 1 aromatic rings. The highest BCUT2D eigenvalue weighted by molar-refractivity contribution is 6.23. The van der Waals surface area contributed by atoms with Crippen LogP contribution in [0.1, 0.15) is 67.2 Å². The number of nitrogens with one attached hydrogen (secondary N) is 1. The van der Waals surface area contributed by atoms with E-state index in [0.29, 0.717) is 18.6 Å². The molecule has 2 fully saturated rings. The maximum atomic E-state index is 13.0. The van der Waals surface area contributed by atoms with E-state index in [1.54, 1.807) is 6.07 Å². The highest BCUT2D eigenvalue weighted by atomic mass is 16.5. The molecule has 3 aliphatic heterocycles. The predicted molar refractivity (Wildman–Crippen MR) is 116 cm³/mol. The van der Waals surface area contributed by atoms with Crippen molar-refractivity contribution in [3.63, 3.8) is 0 Å². The predicted octanol–water partition coefficient (Wildman–Crippen LogP) is 1.75. The number of carbonyl (C=O) groups excluding carboxylic acids is 4. The number of ether oxygens (including phenoxy) is 2. The van der Waals surface area contributed by atoms with Crippen LogP contribution < -0.4 is 10.1 Å². The van der Waals surface area contributed by atoms with Crippen LogP contribution >= 0.6 is 0 Å². The van der Waals surface area contributed by atoms with Crippen molar-refractivity contribution in [1.29, 1.82) is 0 Å². The summed E-state index contributed by atoms with van der Waals surface area (Å²) in [4.78, 5) is 63.2. The minimum Gasteiger partial charge on any atom is -0.490 e. The number of fused-ring (bicyclic) bond motifs is 1. The molecule has 3 unspecified atom stereocenters. The molecule has 11 heteroatoms. The molecule has 2 N–H and O–H groups in total. The van der Waals surface area contributed by atoms with Crippen LogP contribution in [0.5, 0.6) is 5.75 Å². The molecule has 0 saturated carbocycles. The van der Waals surface area contributed by atoms with E-state index in [-0.39, 0.29) is 36.6 Å². The molecule has 3 aliphatic rings. The van der Waals surface area contributed by atoms with Gasteiger partial charge in [0.2, 0.25) is 11.8 Å². The Morgan fingerprint density at radius 3 is 2.44 bits per heavy atom. The number of benzene rings is 1. The van der Waals surface area contributed by atoms with Crippen LogP contribution in [0.3, 0.4) is 0 Å². The summed E-state index contributed by atoms with van der Waals surface area (Å²) in [6.07, 6.45) is -1.25. The van der Waals surface area contributed by atoms with Gasteiger partial charge in [-0.25, -0.2) is 4.79 Å². The van der Waals surface area contributed by atoms with Crippen LogP contribution in [-0.4, -0.2) is 75.1 Å². The van der Waals surface area contributed by atoms with E-state index in [4.69, 9.17) is 9.47 Å². The van der Waals surface area contributed by atoms with Gasteiger partial charge in [-0.3, -0.25) is 34.3 Å². The van der Waals surface area contributed by atoms with Crippen LogP contribution in [0.2, 0.25) is 0 Å². The molecule has 3 atom stereocenters. The summed E-state index contributed by atoms with van der Waals surface area (Å²) in [5.74, 6) is -1.95. The lowest BCUT2D eigenvalue weighted by molar-refractivity contribution is -0.149. The van der Waals surface area contributed by atoms with Gasteiger partial charge in [0.15, 0.2) is 0 Å². The minimum atomic E-state index is -1.07. The SMILES string of the molecule is CC(C)(C)OC1CC(Oc2ccc3c(c2)C(=O)N(C2CCC(=O)NC2=O)C3=O)CCN1C(=O)O. The third-order valence-electron chi connectivity index (χ3n) is 5.95. The van der Waals surface area contributed by atoms with E-state index in [1.807, 2.05) is 20.8 Å². The van der Waals surface area contributed by atoms with Gasteiger partial charge in [0.1, 0.15) is 24.1 Å². The fourth-order valence-corrected chi connectivity index (χ4v) is 4.46. The van der Waals surface area contributed by atoms with E-state index < -0.39 is 47.6 Å². The first-order valence-corrected chi connectivity index (χ1v) is 11.1. The molecule has 0 bridgehead atoms. The second-order valence-electron chi connectivity index (χ2n) is 9.58. The fraction of sp³-hybridized carbons (Fsp3) is 0.522. The standard InChI is InChI=1S/C23H27N3O8/c1-23(2,3)34-18-11-13(8-9-25(18)22(31)32)33-12-4-5-14-15(10-12)21(30)26(20(14)29)16-6-7-17(27)24-19(16)28/h4-5,10,13,16,18H,6-9,11H2,1-3H3,(H,31,32)(H,24,27,28). The van der Waals surface area contributed by atoms with E-state index in [1.165, 1.54) is 17.0 Å². The Balaban J connectivity index is 1.49. The van der Waals surface area contributed by atoms with Crippen molar-refractivity contribution in [2.45, 2.75) is 70.4 Å². The summed E-state index contributed by atoms with van der Waals surface area (Å²) in [5.41, 5.74) is -0.269. The number of piperidine rings is 2. The zero-order valence-electron chi connectivity index (χ0n) is 19.2. The first-order chi connectivity index (χ1) is 15.9. The first kappa shape index (κ1) is 23.7. The van der Waals surface area contributed by atoms with Gasteiger partial charge in [-0.15, -0.1) is 0 Å². The summed E-state index contributed by atoms with van der Waals surface area (Å²) in [7, 11) is 0. The van der Waals surface area contributed by atoms with Crippen molar-refractivity contribution < 1.29 is 38.6 Å². The van der Waals surface area contributed by atoms with Crippen molar-refractivity contribution >= 4 is 29.7 Å². The molecule has 5 amide bonds. The van der Waals surface area contributed by atoms with Crippen LogP contribution in [-0.2, 0) is 14.3 Å². The monoisotopic (exact) mass is 473 g/mol. The third kappa shape index (κ3) is 4.60. The van der Waals surface area contributed by atoms with Crippen LogP contribution in [0.25, 0.3) is 0 Å². The van der Waals surface area contributed by atoms with Gasteiger partial charge in [0.05, 0.1) is 16.7 Å². The van der Waals surface area contributed by atoms with Gasteiger partial charge >= 0.3 is 6.09 Å². The van der Waals surface area contributed by atoms with Gasteiger partial charge in [0.25, 0.3) is 11.8 Å². The van der Waals surface area contributed by atoms with Gasteiger partial charge in [0, 0.05) is 25.8 Å². The smallest absolute Gasteiger partial charge is 0.409 e. The highest BCUT2D eigenvalue weighted by Gasteiger charge is 2.45. The molecule has 0 aliphatic carbocycles. The van der Waals surface area contributed by atoms with E-state index in [0.717, 1.165) is 4.90 Å². The number of amides is 5. The molecule has 3 heterocycles. The number of imide groups is 2. The Morgan fingerprint density at radius 2 is 1.79 bits per heavy atom. The normalized spacial score (nSPS) is 25.3. The topological polar surface area (TPSA) is 143 Å². The number of likely N-dealkylation sites (tertiary alicyclic amines) is 1. The Morgan fingerprint density at radius 1 is 1.09 bits per heavy atom. The molecule has 11 nitrogen and oxygen atoms in total. The maximum absolute atomic E-state index is 13.0. The van der Waals surface area contributed by atoms with Gasteiger partial charge < -0.3 is 14.6 Å². The summed E-state index contributed by atoms with van der Waals surface area (Å²) in [6.45, 7) is 5.75. The highest BCUT2D eigenvalue weighted by Crippen LogP contribution is 2.32. The molecule has 1 aromatic carbocycles. The molecule has 0 aromatic heterocycles. The Kier molecular flexibility index (Phi) is 6.07. The zero-order valence-corrected chi connectivity index (χ0v) is 19.2. The fourth-order valence-electron chi connectivity index (χ4n) is 4.46. The largest absolute Gasteiger partial charge is 0.490 e. The van der Waals surface area contributed by atoms with Crippen molar-refractivity contribution in [1.82, 2.24) is 15.1 Å². The summed E-state index contributed by atoms with van der Waals surface area (Å²) in [6, 6.07) is 3.48. The number of hydrogen-bond donors (Lipinski definition) is 2. The summed E-state index contributed by atoms with van der Waals surface area (Å²) < 4.78 is 12.0. The molecule has 2 saturated heterocycles. The number of hydrogen-bond acceptors (Lipinski definition) is 7. The van der Waals surface area contributed by atoms with Crippen LogP contribution in [0.15, 0.2) is 18.2 Å². The quantitative estimate of drug-likeness (QED) is 0.630. The summed E-state index contributed by atoms with van der Waals surface area (Å²) in [5, 5.41) is 11.7. The van der Waals surface area contributed by atoms with Crippen LogP contribution in [0, 0.1) is 0 Å². The second-order valence-corrected chi connectivity index (χ2v) is 9.58. The van der Waals surface area contributed by atoms with Crippen molar-refractivity contribution in [2.24, 2.45) is 0 Å². The van der Waals surface area contributed by atoms with E-state index >= 15 is 0 Å². The van der Waals surface area contributed by atoms with Gasteiger partial charge in [-0.05, 0) is 45.4 Å². The van der Waals surface area contributed by atoms with Crippen molar-refractivity contribution in [3.8, 4) is 5.75 Å². The average molecular weight is 473 g/mol. The molecular weight excluding hydrogens is 446 g/mol. The lowest BCUT2D eigenvalue weighted by Crippen LogP contribution is -2.54. The average Bonchev–Trinajstić information content (AvgIpc) is 2.97. The number of carbonyl (C=O) groups is 5. The van der Waals surface area contributed by atoms with Crippen molar-refractivity contribution in [2.75, 3.05) is 6.54 Å². The minimum absolute atomic E-state index is 0.0466. The van der Waals surface area contributed by atoms with Gasteiger partial charge in [-0.2, -0.15) is 0 Å². The molecular formula is C23H27N3O8. The van der Waals surface area contributed by atoms with Crippen molar-refractivity contribution in [3.05, 3.63) is 29.3 Å².